The molecule has 2 aliphatic rings. The lowest BCUT2D eigenvalue weighted by atomic mass is 10.1. The van der Waals surface area contributed by atoms with Crippen molar-refractivity contribution >= 4 is 5.91 Å². The van der Waals surface area contributed by atoms with Crippen molar-refractivity contribution in [2.24, 2.45) is 0 Å². The molecule has 2 heterocycles. The lowest BCUT2D eigenvalue weighted by Gasteiger charge is -2.24. The van der Waals surface area contributed by atoms with Crippen LogP contribution in [-0.2, 0) is 16.0 Å². The third kappa shape index (κ3) is 5.05. The van der Waals surface area contributed by atoms with Gasteiger partial charge in [0.05, 0.1) is 6.61 Å². The molecule has 2 fully saturated rings. The zero-order valence-corrected chi connectivity index (χ0v) is 13.9. The molecule has 0 aromatic heterocycles. The zero-order chi connectivity index (χ0) is 15.9. The van der Waals surface area contributed by atoms with Gasteiger partial charge in [0, 0.05) is 38.2 Å². The molecule has 4 nitrogen and oxygen atoms in total. The highest BCUT2D eigenvalue weighted by Crippen LogP contribution is 2.20. The normalized spacial score (nSPS) is 23.7. The Morgan fingerprint density at radius 1 is 1.13 bits per heavy atom. The first-order valence-corrected chi connectivity index (χ1v) is 8.97. The second-order valence-electron chi connectivity index (χ2n) is 6.72. The molecule has 2 aliphatic heterocycles. The topological polar surface area (TPSA) is 41.6 Å². The van der Waals surface area contributed by atoms with Gasteiger partial charge in [0.1, 0.15) is 0 Å². The highest BCUT2D eigenvalue weighted by Gasteiger charge is 2.30. The van der Waals surface area contributed by atoms with Gasteiger partial charge >= 0.3 is 0 Å². The molecule has 0 aliphatic carbocycles. The number of rotatable bonds is 7. The predicted molar refractivity (Wildman–Crippen MR) is 91.3 cm³/mol. The fraction of sp³-hybridized carbons (Fsp3) is 0.632. The molecule has 1 aromatic rings. The monoisotopic (exact) mass is 316 g/mol. The van der Waals surface area contributed by atoms with E-state index in [9.17, 15) is 4.79 Å². The Bertz CT molecular complexity index is 491. The Balaban J connectivity index is 1.27. The summed E-state index contributed by atoms with van der Waals surface area (Å²) in [4.78, 5) is 14.4. The largest absolute Gasteiger partial charge is 0.381 e. The van der Waals surface area contributed by atoms with E-state index in [1.807, 2.05) is 6.07 Å². The second-order valence-corrected chi connectivity index (χ2v) is 6.72. The molecule has 2 unspecified atom stereocenters. The van der Waals surface area contributed by atoms with E-state index in [0.29, 0.717) is 31.0 Å². The predicted octanol–water partition coefficient (Wildman–Crippen LogP) is 2.38. The maximum absolute atomic E-state index is 12.3. The van der Waals surface area contributed by atoms with Gasteiger partial charge in [-0.15, -0.1) is 0 Å². The van der Waals surface area contributed by atoms with Crippen LogP contribution < -0.4 is 5.32 Å². The molecular weight excluding hydrogens is 288 g/mol. The Morgan fingerprint density at radius 2 is 1.96 bits per heavy atom. The summed E-state index contributed by atoms with van der Waals surface area (Å²) in [6.45, 7) is 3.22. The van der Waals surface area contributed by atoms with E-state index in [2.05, 4.69) is 34.5 Å². The number of benzene rings is 1. The van der Waals surface area contributed by atoms with Crippen LogP contribution in [0.15, 0.2) is 30.3 Å². The van der Waals surface area contributed by atoms with Crippen LogP contribution in [0.2, 0.25) is 0 Å². The summed E-state index contributed by atoms with van der Waals surface area (Å²) in [5.41, 5.74) is 1.30. The number of nitrogens with one attached hydrogen (secondary N) is 1. The lowest BCUT2D eigenvalue weighted by molar-refractivity contribution is -0.131. The highest BCUT2D eigenvalue weighted by molar-refractivity contribution is 5.76. The van der Waals surface area contributed by atoms with Gasteiger partial charge < -0.3 is 15.0 Å². The lowest BCUT2D eigenvalue weighted by Crippen LogP contribution is -2.39. The Hall–Kier alpha value is -1.39. The minimum Gasteiger partial charge on any atom is -0.381 e. The molecule has 23 heavy (non-hydrogen) atoms. The average molecular weight is 316 g/mol. The van der Waals surface area contributed by atoms with Crippen molar-refractivity contribution < 1.29 is 9.53 Å². The summed E-state index contributed by atoms with van der Waals surface area (Å²) in [6, 6.07) is 11.5. The minimum absolute atomic E-state index is 0.297. The van der Waals surface area contributed by atoms with Crippen molar-refractivity contribution in [2.75, 3.05) is 26.3 Å². The fourth-order valence-corrected chi connectivity index (χ4v) is 3.59. The molecule has 1 amide bonds. The summed E-state index contributed by atoms with van der Waals surface area (Å²) < 4.78 is 5.67. The van der Waals surface area contributed by atoms with Crippen molar-refractivity contribution in [2.45, 2.75) is 50.6 Å². The molecule has 0 radical (unpaired) electrons. The summed E-state index contributed by atoms with van der Waals surface area (Å²) >= 11 is 0. The van der Waals surface area contributed by atoms with Gasteiger partial charge in [-0.05, 0) is 37.7 Å². The molecule has 0 saturated carbocycles. The maximum atomic E-state index is 12.3. The molecule has 3 rings (SSSR count). The van der Waals surface area contributed by atoms with Crippen molar-refractivity contribution in [1.82, 2.24) is 10.2 Å². The van der Waals surface area contributed by atoms with Gasteiger partial charge in [0.25, 0.3) is 0 Å². The average Bonchev–Trinajstić information content (AvgIpc) is 2.90. The first kappa shape index (κ1) is 16.5. The van der Waals surface area contributed by atoms with Crippen LogP contribution in [-0.4, -0.2) is 49.2 Å². The molecule has 1 N–H and O–H groups in total. The number of carbonyl (C=O) groups is 1. The molecule has 2 atom stereocenters. The van der Waals surface area contributed by atoms with E-state index in [1.54, 1.807) is 0 Å². The van der Waals surface area contributed by atoms with Crippen molar-refractivity contribution in [3.8, 4) is 0 Å². The van der Waals surface area contributed by atoms with Crippen LogP contribution in [0.25, 0.3) is 0 Å². The number of nitrogens with zero attached hydrogens (tertiary/aromatic N) is 1. The highest BCUT2D eigenvalue weighted by atomic mass is 16.5. The standard InChI is InChI=1S/C19H28N2O2/c22-19(21-12-10-17-8-9-18(15-21)20-17)7-4-13-23-14-11-16-5-2-1-3-6-16/h1-3,5-6,17-18,20H,4,7-15H2. The number of hydrogen-bond donors (Lipinski definition) is 1. The number of hydrogen-bond acceptors (Lipinski definition) is 3. The molecule has 4 heteroatoms. The molecule has 2 bridgehead atoms. The van der Waals surface area contributed by atoms with Crippen LogP contribution in [0.3, 0.4) is 0 Å². The molecule has 0 spiro atoms. The van der Waals surface area contributed by atoms with Crippen LogP contribution in [0, 0.1) is 0 Å². The van der Waals surface area contributed by atoms with Gasteiger partial charge in [-0.25, -0.2) is 0 Å². The summed E-state index contributed by atoms with van der Waals surface area (Å²) in [6.07, 6.45) is 5.98. The third-order valence-electron chi connectivity index (χ3n) is 4.93. The molecule has 2 saturated heterocycles. The Labute approximate surface area is 139 Å². The van der Waals surface area contributed by atoms with Crippen molar-refractivity contribution in [3.05, 3.63) is 35.9 Å². The van der Waals surface area contributed by atoms with E-state index in [4.69, 9.17) is 4.74 Å². The Kier molecular flexibility index (Phi) is 6.06. The summed E-state index contributed by atoms with van der Waals surface area (Å²) in [7, 11) is 0. The van der Waals surface area contributed by atoms with Gasteiger partial charge in [-0.2, -0.15) is 0 Å². The minimum atomic E-state index is 0.297. The maximum Gasteiger partial charge on any atom is 0.222 e. The van der Waals surface area contributed by atoms with Gasteiger partial charge in [-0.3, -0.25) is 4.79 Å². The molecule has 126 valence electrons. The summed E-state index contributed by atoms with van der Waals surface area (Å²) in [5, 5.41) is 3.62. The van der Waals surface area contributed by atoms with Gasteiger partial charge in [-0.1, -0.05) is 30.3 Å². The van der Waals surface area contributed by atoms with Gasteiger partial charge in [0.15, 0.2) is 0 Å². The van der Waals surface area contributed by atoms with Crippen LogP contribution >= 0.6 is 0 Å². The SMILES string of the molecule is O=C(CCCOCCc1ccccc1)N1CCC2CCC(C1)N2. The first-order valence-electron chi connectivity index (χ1n) is 8.97. The van der Waals surface area contributed by atoms with E-state index in [-0.39, 0.29) is 0 Å². The Morgan fingerprint density at radius 3 is 2.83 bits per heavy atom. The van der Waals surface area contributed by atoms with Crippen LogP contribution in [0.5, 0.6) is 0 Å². The van der Waals surface area contributed by atoms with Crippen LogP contribution in [0.4, 0.5) is 0 Å². The quantitative estimate of drug-likeness (QED) is 0.785. The van der Waals surface area contributed by atoms with E-state index < -0.39 is 0 Å². The van der Waals surface area contributed by atoms with Crippen LogP contribution in [0.1, 0.15) is 37.7 Å². The van der Waals surface area contributed by atoms with Crippen molar-refractivity contribution in [3.63, 3.8) is 0 Å². The summed E-state index contributed by atoms with van der Waals surface area (Å²) in [5.74, 6) is 0.297. The number of carbonyl (C=O) groups excluding carboxylic acids is 1. The van der Waals surface area contributed by atoms with Gasteiger partial charge in [0.2, 0.25) is 5.91 Å². The fourth-order valence-electron chi connectivity index (χ4n) is 3.59. The third-order valence-corrected chi connectivity index (χ3v) is 4.93. The van der Waals surface area contributed by atoms with E-state index >= 15 is 0 Å². The first-order chi connectivity index (χ1) is 11.3. The molecule has 1 aromatic carbocycles. The zero-order valence-electron chi connectivity index (χ0n) is 13.9. The number of ether oxygens (including phenoxy) is 1. The smallest absolute Gasteiger partial charge is 0.222 e. The number of likely N-dealkylation sites (tertiary alicyclic amines) is 1. The second kappa shape index (κ2) is 8.46. The van der Waals surface area contributed by atoms with E-state index in [0.717, 1.165) is 39.0 Å². The van der Waals surface area contributed by atoms with Crippen molar-refractivity contribution in [1.29, 1.82) is 0 Å². The van der Waals surface area contributed by atoms with E-state index in [1.165, 1.54) is 18.4 Å². The molecular formula is C19H28N2O2. The number of amides is 1. The number of fused-ring (bicyclic) bond motifs is 2.